The lowest BCUT2D eigenvalue weighted by Crippen LogP contribution is -2.29. The first-order valence-electron chi connectivity index (χ1n) is 10.4. The predicted molar refractivity (Wildman–Crippen MR) is 127 cm³/mol. The molecule has 162 valence electrons. The summed E-state index contributed by atoms with van der Waals surface area (Å²) >= 11 is 9.25. The van der Waals surface area contributed by atoms with Crippen LogP contribution in [0, 0.1) is 6.92 Å². The second-order valence-electron chi connectivity index (χ2n) is 7.75. The Bertz CT molecular complexity index is 1320. The highest BCUT2D eigenvalue weighted by Gasteiger charge is 2.23. The lowest BCUT2D eigenvalue weighted by molar-refractivity contribution is 0.0937. The highest BCUT2D eigenvalue weighted by atomic mass is 35.5. The van der Waals surface area contributed by atoms with Gasteiger partial charge in [-0.05, 0) is 43.9 Å². The minimum absolute atomic E-state index is 0.0472. The Morgan fingerprint density at radius 1 is 1.32 bits per heavy atom. The van der Waals surface area contributed by atoms with E-state index in [2.05, 4.69) is 18.8 Å². The third kappa shape index (κ3) is 4.02. The van der Waals surface area contributed by atoms with Crippen LogP contribution in [-0.2, 0) is 23.5 Å². The lowest BCUT2D eigenvalue weighted by Gasteiger charge is -2.15. The fraction of sp³-hybridized carbons (Fsp3) is 0.409. The van der Waals surface area contributed by atoms with Gasteiger partial charge in [-0.25, -0.2) is 9.97 Å². The monoisotopic (exact) mass is 474 g/mol. The molecule has 0 aromatic carbocycles. The first-order chi connectivity index (χ1) is 15.0. The van der Waals surface area contributed by atoms with Gasteiger partial charge < -0.3 is 9.14 Å². The number of thioether (sulfide) groups is 1. The van der Waals surface area contributed by atoms with Crippen LogP contribution in [-0.4, -0.2) is 31.6 Å². The average molecular weight is 475 g/mol. The van der Waals surface area contributed by atoms with Crippen molar-refractivity contribution >= 4 is 50.6 Å². The normalized spacial score (nSPS) is 16.7. The van der Waals surface area contributed by atoms with E-state index in [9.17, 15) is 4.79 Å². The van der Waals surface area contributed by atoms with E-state index in [-0.39, 0.29) is 11.7 Å². The van der Waals surface area contributed by atoms with Crippen LogP contribution in [0.15, 0.2) is 34.5 Å². The molecule has 1 fully saturated rings. The number of aryl methyl sites for hydroxylation is 2. The van der Waals surface area contributed by atoms with Gasteiger partial charge in [-0.3, -0.25) is 9.36 Å². The fourth-order valence-corrected chi connectivity index (χ4v) is 6.36. The predicted octanol–water partition coefficient (Wildman–Crippen LogP) is 5.10. The van der Waals surface area contributed by atoms with Gasteiger partial charge in [0.15, 0.2) is 5.16 Å². The van der Waals surface area contributed by atoms with Gasteiger partial charge in [-0.1, -0.05) is 30.3 Å². The maximum absolute atomic E-state index is 13.5. The third-order valence-electron chi connectivity index (χ3n) is 5.66. The number of nitrogens with zero attached hydrogens (tertiary/aromatic N) is 4. The number of halogens is 1. The summed E-state index contributed by atoms with van der Waals surface area (Å²) in [6.07, 6.45) is 6.73. The van der Waals surface area contributed by atoms with Crippen LogP contribution in [0.5, 0.6) is 0 Å². The Kier molecular flexibility index (Phi) is 5.81. The molecule has 4 aromatic heterocycles. The van der Waals surface area contributed by atoms with E-state index in [0.717, 1.165) is 58.1 Å². The maximum Gasteiger partial charge on any atom is 0.263 e. The summed E-state index contributed by atoms with van der Waals surface area (Å²) in [5, 5.41) is 2.17. The number of thiophene rings is 1. The molecule has 1 unspecified atom stereocenters. The Morgan fingerprint density at radius 3 is 2.97 bits per heavy atom. The number of aromatic nitrogens is 4. The second kappa shape index (κ2) is 8.58. The van der Waals surface area contributed by atoms with Crippen LogP contribution in [0.2, 0.25) is 5.02 Å². The Hall–Kier alpha value is -1.87. The van der Waals surface area contributed by atoms with E-state index in [4.69, 9.17) is 21.3 Å². The zero-order valence-corrected chi connectivity index (χ0v) is 19.8. The standard InChI is InChI=1S/C22H23ClN4O2S2/c1-3-17-13(2)31-20-19(17)21(28)27(11-16-5-4-8-29-16)22(25-20)30-12-15-10-26-9-14(23)6-7-18(26)24-15/h6-7,9-10,16H,3-5,8,11-12H2,1-2H3. The summed E-state index contributed by atoms with van der Waals surface area (Å²) in [5.41, 5.74) is 2.93. The largest absolute Gasteiger partial charge is 0.376 e. The molecule has 0 spiro atoms. The Balaban J connectivity index is 1.52. The van der Waals surface area contributed by atoms with E-state index in [1.54, 1.807) is 23.1 Å². The highest BCUT2D eigenvalue weighted by Crippen LogP contribution is 2.31. The van der Waals surface area contributed by atoms with Crippen LogP contribution >= 0.6 is 34.7 Å². The zero-order chi connectivity index (χ0) is 21.5. The summed E-state index contributed by atoms with van der Waals surface area (Å²) in [6.45, 7) is 5.47. The minimum Gasteiger partial charge on any atom is -0.376 e. The molecule has 1 aliphatic rings. The van der Waals surface area contributed by atoms with Crippen molar-refractivity contribution in [3.63, 3.8) is 0 Å². The molecule has 0 radical (unpaired) electrons. The van der Waals surface area contributed by atoms with Crippen molar-refractivity contribution < 1.29 is 4.74 Å². The molecule has 0 bridgehead atoms. The molecule has 4 aromatic rings. The van der Waals surface area contributed by atoms with Gasteiger partial charge in [-0.2, -0.15) is 0 Å². The molecule has 0 saturated carbocycles. The number of ether oxygens (including phenoxy) is 1. The van der Waals surface area contributed by atoms with Crippen LogP contribution < -0.4 is 5.56 Å². The van der Waals surface area contributed by atoms with Crippen LogP contribution in [0.4, 0.5) is 0 Å². The van der Waals surface area contributed by atoms with Gasteiger partial charge in [0.2, 0.25) is 0 Å². The molecule has 31 heavy (non-hydrogen) atoms. The zero-order valence-electron chi connectivity index (χ0n) is 17.4. The lowest BCUT2D eigenvalue weighted by atomic mass is 10.1. The molecular formula is C22H23ClN4O2S2. The first kappa shape index (κ1) is 21.0. The van der Waals surface area contributed by atoms with Gasteiger partial charge >= 0.3 is 0 Å². The molecule has 0 N–H and O–H groups in total. The van der Waals surface area contributed by atoms with Crippen LogP contribution in [0.1, 0.15) is 35.9 Å². The van der Waals surface area contributed by atoms with Gasteiger partial charge in [0.05, 0.1) is 28.8 Å². The summed E-state index contributed by atoms with van der Waals surface area (Å²) in [5.74, 6) is 0.619. The smallest absolute Gasteiger partial charge is 0.263 e. The Morgan fingerprint density at radius 2 is 2.19 bits per heavy atom. The van der Waals surface area contributed by atoms with E-state index in [0.29, 0.717) is 17.3 Å². The number of fused-ring (bicyclic) bond motifs is 2. The van der Waals surface area contributed by atoms with Crippen LogP contribution in [0.25, 0.3) is 15.9 Å². The van der Waals surface area contributed by atoms with Crippen LogP contribution in [0.3, 0.4) is 0 Å². The molecule has 1 saturated heterocycles. The van der Waals surface area contributed by atoms with Crippen molar-refractivity contribution in [2.45, 2.75) is 56.7 Å². The number of hydrogen-bond acceptors (Lipinski definition) is 6. The van der Waals surface area contributed by atoms with E-state index >= 15 is 0 Å². The average Bonchev–Trinajstić information content (AvgIpc) is 3.46. The Labute approximate surface area is 193 Å². The van der Waals surface area contributed by atoms with Crippen molar-refractivity contribution in [3.05, 3.63) is 56.0 Å². The number of pyridine rings is 1. The fourth-order valence-electron chi connectivity index (χ4n) is 4.15. The quantitative estimate of drug-likeness (QED) is 0.287. The number of hydrogen-bond donors (Lipinski definition) is 0. The molecule has 0 aliphatic carbocycles. The SMILES string of the molecule is CCc1c(C)sc2nc(SCc3cn4cc(Cl)ccc4n3)n(CC3CCCO3)c(=O)c12. The first-order valence-corrected chi connectivity index (χ1v) is 12.6. The van der Waals surface area contributed by atoms with Gasteiger partial charge in [-0.15, -0.1) is 11.3 Å². The molecule has 1 aliphatic heterocycles. The molecule has 5 rings (SSSR count). The summed E-state index contributed by atoms with van der Waals surface area (Å²) in [6, 6.07) is 3.73. The van der Waals surface area contributed by atoms with E-state index < -0.39 is 0 Å². The molecule has 9 heteroatoms. The van der Waals surface area contributed by atoms with E-state index in [1.165, 1.54) is 4.88 Å². The highest BCUT2D eigenvalue weighted by molar-refractivity contribution is 7.98. The number of rotatable bonds is 6. The molecule has 0 amide bonds. The van der Waals surface area contributed by atoms with Crippen molar-refractivity contribution in [1.82, 2.24) is 18.9 Å². The van der Waals surface area contributed by atoms with Crippen molar-refractivity contribution in [2.24, 2.45) is 0 Å². The summed E-state index contributed by atoms with van der Waals surface area (Å²) in [4.78, 5) is 25.1. The molecule has 1 atom stereocenters. The van der Waals surface area contributed by atoms with E-state index in [1.807, 2.05) is 33.5 Å². The van der Waals surface area contributed by atoms with Gasteiger partial charge in [0.1, 0.15) is 10.5 Å². The minimum atomic E-state index is 0.0472. The van der Waals surface area contributed by atoms with Crippen molar-refractivity contribution in [2.75, 3.05) is 6.61 Å². The van der Waals surface area contributed by atoms with Crippen molar-refractivity contribution in [1.29, 1.82) is 0 Å². The summed E-state index contributed by atoms with van der Waals surface area (Å²) in [7, 11) is 0. The maximum atomic E-state index is 13.5. The van der Waals surface area contributed by atoms with Gasteiger partial charge in [0, 0.05) is 29.6 Å². The summed E-state index contributed by atoms with van der Waals surface area (Å²) < 4.78 is 9.57. The second-order valence-corrected chi connectivity index (χ2v) is 10.3. The number of imidazole rings is 1. The van der Waals surface area contributed by atoms with Crippen molar-refractivity contribution in [3.8, 4) is 0 Å². The third-order valence-corrected chi connectivity index (χ3v) is 7.93. The molecule has 5 heterocycles. The molecule has 6 nitrogen and oxygen atoms in total. The van der Waals surface area contributed by atoms with Gasteiger partial charge in [0.25, 0.3) is 5.56 Å². The topological polar surface area (TPSA) is 61.4 Å². The molecular weight excluding hydrogens is 452 g/mol.